The van der Waals surface area contributed by atoms with Crippen LogP contribution in [-0.2, 0) is 4.79 Å². The fraction of sp³-hybridized carbons (Fsp3) is 0.0667. The summed E-state index contributed by atoms with van der Waals surface area (Å²) in [7, 11) is 0. The number of carbonyl (C=O) groups excluding carboxylic acids is 1. The number of halogens is 1. The van der Waals surface area contributed by atoms with E-state index in [0.29, 0.717) is 15.9 Å². The van der Waals surface area contributed by atoms with Crippen molar-refractivity contribution in [1.82, 2.24) is 0 Å². The van der Waals surface area contributed by atoms with E-state index in [4.69, 9.17) is 4.74 Å². The van der Waals surface area contributed by atoms with Crippen LogP contribution in [-0.4, -0.2) is 17.0 Å². The highest BCUT2D eigenvalue weighted by molar-refractivity contribution is 9.10. The number of carboxylic acids is 1. The molecule has 0 aromatic heterocycles. The van der Waals surface area contributed by atoms with Crippen LogP contribution in [0.25, 0.3) is 0 Å². The van der Waals surface area contributed by atoms with Crippen molar-refractivity contribution in [2.45, 2.75) is 6.92 Å². The minimum Gasteiger partial charge on any atom is -0.478 e. The maximum absolute atomic E-state index is 11.3. The van der Waals surface area contributed by atoms with Gasteiger partial charge in [-0.25, -0.2) is 4.79 Å². The Bertz CT molecular complexity index is 700. The Morgan fingerprint density at radius 1 is 1.14 bits per heavy atom. The maximum Gasteiger partial charge on any atom is 0.339 e. The molecule has 108 valence electrons. The van der Waals surface area contributed by atoms with E-state index in [2.05, 4.69) is 21.2 Å². The average Bonchev–Trinajstić information content (AvgIpc) is 2.42. The molecule has 0 aliphatic heterocycles. The van der Waals surface area contributed by atoms with Gasteiger partial charge in [0.2, 0.25) is 5.91 Å². The van der Waals surface area contributed by atoms with Crippen molar-refractivity contribution in [3.05, 3.63) is 52.5 Å². The van der Waals surface area contributed by atoms with Crippen molar-refractivity contribution in [2.75, 3.05) is 5.32 Å². The van der Waals surface area contributed by atoms with Crippen LogP contribution in [0.2, 0.25) is 0 Å². The van der Waals surface area contributed by atoms with Crippen LogP contribution in [0.15, 0.2) is 46.9 Å². The zero-order valence-electron chi connectivity index (χ0n) is 11.1. The van der Waals surface area contributed by atoms with Gasteiger partial charge in [-0.3, -0.25) is 4.79 Å². The van der Waals surface area contributed by atoms with Gasteiger partial charge in [-0.1, -0.05) is 28.1 Å². The van der Waals surface area contributed by atoms with E-state index in [1.54, 1.807) is 36.4 Å². The normalized spacial score (nSPS) is 10.0. The van der Waals surface area contributed by atoms with Crippen LogP contribution in [0, 0.1) is 0 Å². The first kappa shape index (κ1) is 15.1. The number of benzene rings is 2. The lowest BCUT2D eigenvalue weighted by Crippen LogP contribution is -2.07. The molecular weight excluding hydrogens is 338 g/mol. The Kier molecular flexibility index (Phi) is 4.59. The molecule has 2 aromatic carbocycles. The van der Waals surface area contributed by atoms with Gasteiger partial charge in [-0.15, -0.1) is 0 Å². The lowest BCUT2D eigenvalue weighted by atomic mass is 10.2. The molecule has 0 aliphatic carbocycles. The molecule has 5 nitrogen and oxygen atoms in total. The van der Waals surface area contributed by atoms with Crippen molar-refractivity contribution in [3.63, 3.8) is 0 Å². The highest BCUT2D eigenvalue weighted by Crippen LogP contribution is 2.32. The van der Waals surface area contributed by atoms with Crippen molar-refractivity contribution in [2.24, 2.45) is 0 Å². The first-order chi connectivity index (χ1) is 9.97. The number of rotatable bonds is 4. The monoisotopic (exact) mass is 349 g/mol. The first-order valence-electron chi connectivity index (χ1n) is 6.04. The summed E-state index contributed by atoms with van der Waals surface area (Å²) in [6.45, 7) is 1.39. The van der Waals surface area contributed by atoms with Gasteiger partial charge in [0.25, 0.3) is 0 Å². The van der Waals surface area contributed by atoms with Crippen LogP contribution in [0.4, 0.5) is 5.69 Å². The first-order valence-corrected chi connectivity index (χ1v) is 6.84. The number of amides is 1. The quantitative estimate of drug-likeness (QED) is 0.877. The van der Waals surface area contributed by atoms with Crippen molar-refractivity contribution >= 4 is 33.5 Å². The number of carbonyl (C=O) groups is 2. The molecule has 0 spiro atoms. The smallest absolute Gasteiger partial charge is 0.339 e. The summed E-state index contributed by atoms with van der Waals surface area (Å²) in [5.41, 5.74) is 0.506. The zero-order valence-corrected chi connectivity index (χ0v) is 12.7. The number of hydrogen-bond donors (Lipinski definition) is 2. The summed E-state index contributed by atoms with van der Waals surface area (Å²) in [4.78, 5) is 22.4. The Morgan fingerprint density at radius 3 is 2.52 bits per heavy atom. The van der Waals surface area contributed by atoms with Crippen molar-refractivity contribution in [1.29, 1.82) is 0 Å². The molecule has 0 fully saturated rings. The van der Waals surface area contributed by atoms with E-state index < -0.39 is 5.97 Å². The molecule has 0 radical (unpaired) electrons. The number of hydrogen-bond acceptors (Lipinski definition) is 3. The third kappa shape index (κ3) is 3.82. The molecule has 0 atom stereocenters. The van der Waals surface area contributed by atoms with Gasteiger partial charge in [-0.05, 0) is 30.3 Å². The maximum atomic E-state index is 11.3. The van der Waals surface area contributed by atoms with Crippen LogP contribution in [0.3, 0.4) is 0 Å². The Labute approximate surface area is 129 Å². The molecule has 0 heterocycles. The van der Waals surface area contributed by atoms with E-state index in [9.17, 15) is 14.7 Å². The molecule has 0 aliphatic rings. The lowest BCUT2D eigenvalue weighted by Gasteiger charge is -2.13. The van der Waals surface area contributed by atoms with Crippen LogP contribution >= 0.6 is 15.9 Å². The summed E-state index contributed by atoms with van der Waals surface area (Å²) in [6.07, 6.45) is 0. The third-order valence-electron chi connectivity index (χ3n) is 2.59. The van der Waals surface area contributed by atoms with Gasteiger partial charge in [-0.2, -0.15) is 0 Å². The summed E-state index contributed by atoms with van der Waals surface area (Å²) in [5.74, 6) is -0.760. The molecule has 0 bridgehead atoms. The second-order valence-corrected chi connectivity index (χ2v) is 5.14. The van der Waals surface area contributed by atoms with Gasteiger partial charge in [0, 0.05) is 11.4 Å². The molecular formula is C15H12BrNO4. The second-order valence-electron chi connectivity index (χ2n) is 4.23. The van der Waals surface area contributed by atoms with E-state index in [0.717, 1.165) is 0 Å². The highest BCUT2D eigenvalue weighted by atomic mass is 79.9. The molecule has 0 saturated heterocycles. The van der Waals surface area contributed by atoms with Crippen LogP contribution in [0.5, 0.6) is 11.5 Å². The summed E-state index contributed by atoms with van der Waals surface area (Å²) >= 11 is 3.22. The number of para-hydroxylation sites is 2. The largest absolute Gasteiger partial charge is 0.478 e. The number of nitrogens with one attached hydrogen (secondary N) is 1. The minimum atomic E-state index is -1.09. The standard InChI is InChI=1S/C15H12BrNO4/c1-9(18)17-12-4-2-3-5-14(12)21-13-7-6-10(16)8-11(13)15(19)20/h2-8H,1H3,(H,17,18)(H,19,20). The topological polar surface area (TPSA) is 75.6 Å². The molecule has 6 heteroatoms. The highest BCUT2D eigenvalue weighted by Gasteiger charge is 2.14. The Morgan fingerprint density at radius 2 is 1.86 bits per heavy atom. The van der Waals surface area contributed by atoms with E-state index in [1.165, 1.54) is 13.0 Å². The predicted molar refractivity (Wildman–Crippen MR) is 81.9 cm³/mol. The fourth-order valence-electron chi connectivity index (χ4n) is 1.73. The molecule has 0 unspecified atom stereocenters. The summed E-state index contributed by atoms with van der Waals surface area (Å²) in [5, 5.41) is 11.8. The molecule has 2 aromatic rings. The second kappa shape index (κ2) is 6.41. The molecule has 0 saturated carbocycles. The van der Waals surface area contributed by atoms with Gasteiger partial charge in [0.15, 0.2) is 5.75 Å². The number of aromatic carboxylic acids is 1. The van der Waals surface area contributed by atoms with Crippen LogP contribution < -0.4 is 10.1 Å². The zero-order chi connectivity index (χ0) is 15.4. The van der Waals surface area contributed by atoms with E-state index >= 15 is 0 Å². The SMILES string of the molecule is CC(=O)Nc1ccccc1Oc1ccc(Br)cc1C(=O)O. The fourth-order valence-corrected chi connectivity index (χ4v) is 2.09. The molecule has 2 N–H and O–H groups in total. The Balaban J connectivity index is 2.39. The van der Waals surface area contributed by atoms with Gasteiger partial charge in [0.05, 0.1) is 5.69 Å². The van der Waals surface area contributed by atoms with Gasteiger partial charge < -0.3 is 15.2 Å². The predicted octanol–water partition coefficient (Wildman–Crippen LogP) is 3.90. The number of anilines is 1. The summed E-state index contributed by atoms with van der Waals surface area (Å²) < 4.78 is 6.28. The Hall–Kier alpha value is -2.34. The molecule has 1 amide bonds. The van der Waals surface area contributed by atoms with Crippen molar-refractivity contribution in [3.8, 4) is 11.5 Å². The van der Waals surface area contributed by atoms with Crippen LogP contribution in [0.1, 0.15) is 17.3 Å². The van der Waals surface area contributed by atoms with E-state index in [1.807, 2.05) is 0 Å². The number of ether oxygens (including phenoxy) is 1. The van der Waals surface area contributed by atoms with E-state index in [-0.39, 0.29) is 17.2 Å². The summed E-state index contributed by atoms with van der Waals surface area (Å²) in [6, 6.07) is 11.5. The molecule has 2 rings (SSSR count). The van der Waals surface area contributed by atoms with Crippen molar-refractivity contribution < 1.29 is 19.4 Å². The average molecular weight is 350 g/mol. The minimum absolute atomic E-state index is 0.0296. The number of carboxylic acid groups (broad SMARTS) is 1. The lowest BCUT2D eigenvalue weighted by molar-refractivity contribution is -0.114. The van der Waals surface area contributed by atoms with Gasteiger partial charge >= 0.3 is 5.97 Å². The van der Waals surface area contributed by atoms with Gasteiger partial charge in [0.1, 0.15) is 11.3 Å². The molecule has 21 heavy (non-hydrogen) atoms. The third-order valence-corrected chi connectivity index (χ3v) is 3.08.